The molecule has 0 radical (unpaired) electrons. The molecule has 1 aromatic rings. The van der Waals surface area contributed by atoms with Crippen molar-refractivity contribution in [2.24, 2.45) is 0 Å². The minimum atomic E-state index is 0.00724. The SMILES string of the molecule is CC(=O)c1c(C)[nH]c(C(=O)N(C(C)C)C2CC2)c1C. The Hall–Kier alpha value is -1.58. The fourth-order valence-corrected chi connectivity index (χ4v) is 2.80. The van der Waals surface area contributed by atoms with Gasteiger partial charge >= 0.3 is 0 Å². The van der Waals surface area contributed by atoms with Crippen LogP contribution in [0.1, 0.15) is 65.7 Å². The lowest BCUT2D eigenvalue weighted by atomic mass is 10.1. The molecule has 0 aliphatic heterocycles. The Labute approximate surface area is 114 Å². The number of ketones is 1. The maximum absolute atomic E-state index is 12.7. The van der Waals surface area contributed by atoms with E-state index in [4.69, 9.17) is 0 Å². The lowest BCUT2D eigenvalue weighted by Gasteiger charge is -2.26. The van der Waals surface area contributed by atoms with Gasteiger partial charge in [0.2, 0.25) is 0 Å². The molecule has 1 saturated carbocycles. The summed E-state index contributed by atoms with van der Waals surface area (Å²) < 4.78 is 0. The first kappa shape index (κ1) is 13.8. The molecule has 1 amide bonds. The van der Waals surface area contributed by atoms with Gasteiger partial charge < -0.3 is 9.88 Å². The van der Waals surface area contributed by atoms with Gasteiger partial charge in [-0.15, -0.1) is 0 Å². The molecule has 0 saturated heterocycles. The Balaban J connectivity index is 2.38. The van der Waals surface area contributed by atoms with Crippen LogP contribution in [0.3, 0.4) is 0 Å². The molecule has 0 atom stereocenters. The average Bonchev–Trinajstić information content (AvgIpc) is 3.04. The molecule has 1 aliphatic carbocycles. The predicted molar refractivity (Wildman–Crippen MR) is 74.6 cm³/mol. The van der Waals surface area contributed by atoms with Crippen LogP contribution >= 0.6 is 0 Å². The van der Waals surface area contributed by atoms with E-state index in [0.717, 1.165) is 24.1 Å². The molecular weight excluding hydrogens is 240 g/mol. The number of aryl methyl sites for hydroxylation is 1. The van der Waals surface area contributed by atoms with Gasteiger partial charge in [-0.3, -0.25) is 9.59 Å². The third-order valence-corrected chi connectivity index (χ3v) is 3.73. The van der Waals surface area contributed by atoms with E-state index < -0.39 is 0 Å². The molecule has 1 fully saturated rings. The van der Waals surface area contributed by atoms with Gasteiger partial charge in [-0.1, -0.05) is 0 Å². The van der Waals surface area contributed by atoms with Crippen molar-refractivity contribution < 1.29 is 9.59 Å². The topological polar surface area (TPSA) is 53.2 Å². The van der Waals surface area contributed by atoms with Crippen molar-refractivity contribution in [3.8, 4) is 0 Å². The van der Waals surface area contributed by atoms with Crippen molar-refractivity contribution in [3.05, 3.63) is 22.5 Å². The quantitative estimate of drug-likeness (QED) is 0.848. The zero-order chi connectivity index (χ0) is 14.3. The van der Waals surface area contributed by atoms with Gasteiger partial charge in [-0.2, -0.15) is 0 Å². The second-order valence-corrected chi connectivity index (χ2v) is 5.72. The minimum Gasteiger partial charge on any atom is -0.354 e. The van der Waals surface area contributed by atoms with Crippen LogP contribution in [-0.2, 0) is 0 Å². The fraction of sp³-hybridized carbons (Fsp3) is 0.600. The summed E-state index contributed by atoms with van der Waals surface area (Å²) >= 11 is 0. The van der Waals surface area contributed by atoms with Crippen molar-refractivity contribution >= 4 is 11.7 Å². The standard InChI is InChI=1S/C15H22N2O2/c1-8(2)17(12-6-7-12)15(19)14-9(3)13(11(5)18)10(4)16-14/h8,12,16H,6-7H2,1-5H3. The van der Waals surface area contributed by atoms with E-state index in [1.807, 2.05) is 32.6 Å². The van der Waals surface area contributed by atoms with Crippen LogP contribution in [0.15, 0.2) is 0 Å². The van der Waals surface area contributed by atoms with Crippen LogP contribution in [0.25, 0.3) is 0 Å². The Bertz CT molecular complexity index is 522. The van der Waals surface area contributed by atoms with Crippen molar-refractivity contribution in [1.29, 1.82) is 0 Å². The van der Waals surface area contributed by atoms with Crippen molar-refractivity contribution in [2.45, 2.75) is 59.5 Å². The predicted octanol–water partition coefficient (Wildman–Crippen LogP) is 2.85. The summed E-state index contributed by atoms with van der Waals surface area (Å²) in [4.78, 5) is 29.3. The van der Waals surface area contributed by atoms with Crippen LogP contribution in [0.2, 0.25) is 0 Å². The van der Waals surface area contributed by atoms with E-state index in [2.05, 4.69) is 4.98 Å². The van der Waals surface area contributed by atoms with E-state index in [1.165, 1.54) is 0 Å². The van der Waals surface area contributed by atoms with E-state index >= 15 is 0 Å². The van der Waals surface area contributed by atoms with E-state index in [-0.39, 0.29) is 17.7 Å². The van der Waals surface area contributed by atoms with Gasteiger partial charge in [-0.25, -0.2) is 0 Å². The number of rotatable bonds is 4. The first-order valence-electron chi connectivity index (χ1n) is 6.87. The molecule has 0 bridgehead atoms. The number of carbonyl (C=O) groups excluding carboxylic acids is 2. The third kappa shape index (κ3) is 2.44. The van der Waals surface area contributed by atoms with Gasteiger partial charge in [0.05, 0.1) is 0 Å². The fourth-order valence-electron chi connectivity index (χ4n) is 2.80. The highest BCUT2D eigenvalue weighted by Crippen LogP contribution is 2.31. The average molecular weight is 262 g/mol. The third-order valence-electron chi connectivity index (χ3n) is 3.73. The molecule has 0 unspecified atom stereocenters. The van der Waals surface area contributed by atoms with E-state index in [1.54, 1.807) is 6.92 Å². The highest BCUT2D eigenvalue weighted by atomic mass is 16.2. The molecule has 0 spiro atoms. The summed E-state index contributed by atoms with van der Waals surface area (Å²) in [6.07, 6.45) is 2.17. The lowest BCUT2D eigenvalue weighted by Crippen LogP contribution is -2.39. The first-order chi connectivity index (χ1) is 8.84. The van der Waals surface area contributed by atoms with Crippen LogP contribution in [-0.4, -0.2) is 33.7 Å². The van der Waals surface area contributed by atoms with Crippen LogP contribution < -0.4 is 0 Å². The molecule has 2 rings (SSSR count). The summed E-state index contributed by atoms with van der Waals surface area (Å²) in [6.45, 7) is 9.30. The second kappa shape index (κ2) is 4.83. The van der Waals surface area contributed by atoms with Gasteiger partial charge in [0.25, 0.3) is 5.91 Å². The number of aromatic nitrogens is 1. The summed E-state index contributed by atoms with van der Waals surface area (Å²) in [7, 11) is 0. The second-order valence-electron chi connectivity index (χ2n) is 5.72. The normalized spacial score (nSPS) is 14.8. The number of aromatic amines is 1. The molecule has 1 aromatic heterocycles. The smallest absolute Gasteiger partial charge is 0.271 e. The van der Waals surface area contributed by atoms with E-state index in [9.17, 15) is 9.59 Å². The monoisotopic (exact) mass is 262 g/mol. The lowest BCUT2D eigenvalue weighted by molar-refractivity contribution is 0.0684. The zero-order valence-corrected chi connectivity index (χ0v) is 12.3. The summed E-state index contributed by atoms with van der Waals surface area (Å²) in [5.41, 5.74) is 2.79. The van der Waals surface area contributed by atoms with Crippen molar-refractivity contribution in [1.82, 2.24) is 9.88 Å². The Morgan fingerprint density at radius 1 is 1.26 bits per heavy atom. The molecule has 1 aliphatic rings. The van der Waals surface area contributed by atoms with Crippen molar-refractivity contribution in [3.63, 3.8) is 0 Å². The molecule has 1 heterocycles. The molecule has 19 heavy (non-hydrogen) atoms. The Morgan fingerprint density at radius 2 is 1.84 bits per heavy atom. The maximum Gasteiger partial charge on any atom is 0.271 e. The van der Waals surface area contributed by atoms with Gasteiger partial charge in [0, 0.05) is 23.3 Å². The van der Waals surface area contributed by atoms with E-state index in [0.29, 0.717) is 17.3 Å². The summed E-state index contributed by atoms with van der Waals surface area (Å²) in [5, 5.41) is 0. The highest BCUT2D eigenvalue weighted by Gasteiger charge is 2.36. The number of H-pyrrole nitrogens is 1. The summed E-state index contributed by atoms with van der Waals surface area (Å²) in [5.74, 6) is 0.0263. The number of hydrogen-bond donors (Lipinski definition) is 1. The molecule has 0 aromatic carbocycles. The highest BCUT2D eigenvalue weighted by molar-refractivity contribution is 6.02. The van der Waals surface area contributed by atoms with Crippen LogP contribution in [0.5, 0.6) is 0 Å². The molecule has 1 N–H and O–H groups in total. The van der Waals surface area contributed by atoms with Gasteiger partial charge in [0.15, 0.2) is 5.78 Å². The number of nitrogens with zero attached hydrogens (tertiary/aromatic N) is 1. The number of carbonyl (C=O) groups is 2. The molecule has 4 nitrogen and oxygen atoms in total. The number of Topliss-reactive ketones (excluding diaryl/α,β-unsaturated/α-hetero) is 1. The molecule has 4 heteroatoms. The van der Waals surface area contributed by atoms with Crippen molar-refractivity contribution in [2.75, 3.05) is 0 Å². The molecular formula is C15H22N2O2. The summed E-state index contributed by atoms with van der Waals surface area (Å²) in [6, 6.07) is 0.556. The Morgan fingerprint density at radius 3 is 2.21 bits per heavy atom. The maximum atomic E-state index is 12.7. The van der Waals surface area contributed by atoms with Crippen LogP contribution in [0, 0.1) is 13.8 Å². The number of nitrogens with one attached hydrogen (secondary N) is 1. The minimum absolute atomic E-state index is 0.00724. The number of amides is 1. The zero-order valence-electron chi connectivity index (χ0n) is 12.3. The Kier molecular flexibility index (Phi) is 3.52. The first-order valence-corrected chi connectivity index (χ1v) is 6.87. The van der Waals surface area contributed by atoms with Gasteiger partial charge in [0.1, 0.15) is 5.69 Å². The molecule has 104 valence electrons. The van der Waals surface area contributed by atoms with Gasteiger partial charge in [-0.05, 0) is 53.0 Å². The number of hydrogen-bond acceptors (Lipinski definition) is 2. The largest absolute Gasteiger partial charge is 0.354 e. The van der Waals surface area contributed by atoms with Crippen LogP contribution in [0.4, 0.5) is 0 Å².